The van der Waals surface area contributed by atoms with Gasteiger partial charge < -0.3 is 0 Å². The number of nitrogens with zero attached hydrogens (tertiary/aromatic N) is 1. The zero-order chi connectivity index (χ0) is 12.3. The average Bonchev–Trinajstić information content (AvgIpc) is 2.13. The smallest absolute Gasteiger partial charge is 0.246 e. The van der Waals surface area contributed by atoms with Crippen molar-refractivity contribution in [1.82, 2.24) is 0 Å². The van der Waals surface area contributed by atoms with Gasteiger partial charge in [0.15, 0.2) is 5.75 Å². The molecule has 0 atom stereocenters. The van der Waals surface area contributed by atoms with Gasteiger partial charge in [0.05, 0.1) is 16.8 Å². The first-order valence-corrected chi connectivity index (χ1v) is 6.59. The minimum atomic E-state index is -3.69. The van der Waals surface area contributed by atoms with Crippen molar-refractivity contribution in [3.63, 3.8) is 0 Å². The van der Waals surface area contributed by atoms with Crippen molar-refractivity contribution in [2.45, 2.75) is 6.92 Å². The molecular formula is C9H8Cl2N2O2S. The lowest BCUT2D eigenvalue weighted by molar-refractivity contribution is 0.604. The van der Waals surface area contributed by atoms with Crippen LogP contribution >= 0.6 is 23.2 Å². The summed E-state index contributed by atoms with van der Waals surface area (Å²) in [5, 5.41) is 8.96. The van der Waals surface area contributed by atoms with E-state index in [2.05, 4.69) is 4.72 Å². The molecule has 0 aliphatic rings. The normalized spacial score (nSPS) is 10.9. The Bertz CT molecular complexity index is 549. The Morgan fingerprint density at radius 1 is 1.38 bits per heavy atom. The molecule has 1 aromatic rings. The molecule has 0 unspecified atom stereocenters. The Morgan fingerprint density at radius 3 is 2.56 bits per heavy atom. The molecule has 0 fully saturated rings. The molecule has 0 spiro atoms. The second kappa shape index (κ2) is 4.91. The molecule has 0 saturated carbocycles. The molecule has 4 nitrogen and oxygen atoms in total. The van der Waals surface area contributed by atoms with Crippen LogP contribution in [0.1, 0.15) is 5.56 Å². The van der Waals surface area contributed by atoms with E-state index in [-0.39, 0.29) is 10.7 Å². The lowest BCUT2D eigenvalue weighted by atomic mass is 10.2. The SMILES string of the molecule is Cc1cc(Cl)c(NS(=O)(=O)CC#N)cc1Cl. The molecule has 0 aromatic heterocycles. The van der Waals surface area contributed by atoms with Crippen molar-refractivity contribution in [2.24, 2.45) is 0 Å². The third-order valence-corrected chi connectivity index (χ3v) is 3.53. The predicted molar refractivity (Wildman–Crippen MR) is 64.2 cm³/mol. The number of sulfonamides is 1. The first kappa shape index (κ1) is 13.1. The van der Waals surface area contributed by atoms with Crippen LogP contribution in [0.4, 0.5) is 5.69 Å². The molecule has 1 aromatic carbocycles. The quantitative estimate of drug-likeness (QED) is 0.924. The monoisotopic (exact) mass is 278 g/mol. The van der Waals surface area contributed by atoms with Gasteiger partial charge in [-0.15, -0.1) is 0 Å². The highest BCUT2D eigenvalue weighted by atomic mass is 35.5. The van der Waals surface area contributed by atoms with Crippen molar-refractivity contribution >= 4 is 38.9 Å². The summed E-state index contributed by atoms with van der Waals surface area (Å²) >= 11 is 11.7. The van der Waals surface area contributed by atoms with Crippen LogP contribution in [0.25, 0.3) is 0 Å². The molecule has 0 heterocycles. The van der Waals surface area contributed by atoms with Gasteiger partial charge in [-0.25, -0.2) is 8.42 Å². The van der Waals surface area contributed by atoms with Crippen molar-refractivity contribution < 1.29 is 8.42 Å². The molecule has 16 heavy (non-hydrogen) atoms. The summed E-state index contributed by atoms with van der Waals surface area (Å²) in [5.74, 6) is -0.630. The number of anilines is 1. The van der Waals surface area contributed by atoms with Gasteiger partial charge in [0.2, 0.25) is 10.0 Å². The number of nitriles is 1. The molecule has 1 N–H and O–H groups in total. The van der Waals surface area contributed by atoms with E-state index in [0.717, 1.165) is 5.56 Å². The highest BCUT2D eigenvalue weighted by molar-refractivity contribution is 7.92. The zero-order valence-electron chi connectivity index (χ0n) is 8.29. The zero-order valence-corrected chi connectivity index (χ0v) is 10.6. The predicted octanol–water partition coefficient (Wildman–Crippen LogP) is 2.57. The minimum Gasteiger partial charge on any atom is -0.281 e. The summed E-state index contributed by atoms with van der Waals surface area (Å²) in [5.41, 5.74) is 0.919. The molecule has 7 heteroatoms. The highest BCUT2D eigenvalue weighted by Crippen LogP contribution is 2.29. The number of nitrogens with one attached hydrogen (secondary N) is 1. The number of aryl methyl sites for hydroxylation is 1. The van der Waals surface area contributed by atoms with E-state index in [1.165, 1.54) is 6.07 Å². The van der Waals surface area contributed by atoms with E-state index < -0.39 is 15.8 Å². The summed E-state index contributed by atoms with van der Waals surface area (Å²) in [6, 6.07) is 4.51. The van der Waals surface area contributed by atoms with Crippen molar-refractivity contribution in [1.29, 1.82) is 5.26 Å². The standard InChI is InChI=1S/C9H8Cl2N2O2S/c1-6-4-8(11)9(5-7(6)10)13-16(14,15)3-2-12/h4-5,13H,3H2,1H3. The number of rotatable bonds is 3. The van der Waals surface area contributed by atoms with Gasteiger partial charge in [0.1, 0.15) is 0 Å². The summed E-state index contributed by atoms with van der Waals surface area (Å²) in [6.45, 7) is 1.75. The summed E-state index contributed by atoms with van der Waals surface area (Å²) in [6.07, 6.45) is 0. The van der Waals surface area contributed by atoms with Crippen LogP contribution in [-0.4, -0.2) is 14.2 Å². The highest BCUT2D eigenvalue weighted by Gasteiger charge is 2.13. The molecular weight excluding hydrogens is 271 g/mol. The van der Waals surface area contributed by atoms with Crippen LogP contribution in [-0.2, 0) is 10.0 Å². The maximum Gasteiger partial charge on any atom is 0.246 e. The lowest BCUT2D eigenvalue weighted by Gasteiger charge is -2.09. The van der Waals surface area contributed by atoms with E-state index in [4.69, 9.17) is 28.5 Å². The Hall–Kier alpha value is -0.960. The first-order chi connectivity index (χ1) is 7.35. The van der Waals surface area contributed by atoms with Crippen LogP contribution in [0, 0.1) is 18.3 Å². The van der Waals surface area contributed by atoms with E-state index in [9.17, 15) is 8.42 Å². The Labute approximate surface area is 104 Å². The molecule has 0 bridgehead atoms. The molecule has 0 radical (unpaired) electrons. The van der Waals surface area contributed by atoms with Gasteiger partial charge in [0.25, 0.3) is 0 Å². The fraction of sp³-hybridized carbons (Fsp3) is 0.222. The number of halogens is 2. The Balaban J connectivity index is 3.08. The van der Waals surface area contributed by atoms with Crippen LogP contribution in [0.5, 0.6) is 0 Å². The van der Waals surface area contributed by atoms with E-state index >= 15 is 0 Å². The van der Waals surface area contributed by atoms with E-state index in [1.807, 2.05) is 0 Å². The third kappa shape index (κ3) is 3.27. The topological polar surface area (TPSA) is 70.0 Å². The van der Waals surface area contributed by atoms with Gasteiger partial charge in [-0.2, -0.15) is 5.26 Å². The number of benzene rings is 1. The lowest BCUT2D eigenvalue weighted by Crippen LogP contribution is -2.15. The van der Waals surface area contributed by atoms with Gasteiger partial charge in [-0.3, -0.25) is 4.72 Å². The van der Waals surface area contributed by atoms with Crippen molar-refractivity contribution in [3.8, 4) is 6.07 Å². The van der Waals surface area contributed by atoms with Gasteiger partial charge >= 0.3 is 0 Å². The third-order valence-electron chi connectivity index (χ3n) is 1.77. The minimum absolute atomic E-state index is 0.174. The maximum absolute atomic E-state index is 11.3. The van der Waals surface area contributed by atoms with E-state index in [1.54, 1.807) is 19.1 Å². The van der Waals surface area contributed by atoms with Crippen molar-refractivity contribution in [2.75, 3.05) is 10.5 Å². The van der Waals surface area contributed by atoms with Gasteiger partial charge in [-0.05, 0) is 24.6 Å². The van der Waals surface area contributed by atoms with Crippen LogP contribution in [0.15, 0.2) is 12.1 Å². The van der Waals surface area contributed by atoms with E-state index in [0.29, 0.717) is 5.02 Å². The summed E-state index contributed by atoms with van der Waals surface area (Å²) in [7, 11) is -3.69. The van der Waals surface area contributed by atoms with Crippen LogP contribution in [0.2, 0.25) is 10.0 Å². The molecule has 0 aliphatic heterocycles. The molecule has 0 saturated heterocycles. The van der Waals surface area contributed by atoms with Crippen LogP contribution < -0.4 is 4.72 Å². The molecule has 86 valence electrons. The Kier molecular flexibility index (Phi) is 4.03. The van der Waals surface area contributed by atoms with Crippen LogP contribution in [0.3, 0.4) is 0 Å². The molecule has 1 rings (SSSR count). The fourth-order valence-corrected chi connectivity index (χ4v) is 2.24. The van der Waals surface area contributed by atoms with Gasteiger partial charge in [0, 0.05) is 5.02 Å². The number of hydrogen-bond donors (Lipinski definition) is 1. The fourth-order valence-electron chi connectivity index (χ4n) is 1.01. The first-order valence-electron chi connectivity index (χ1n) is 4.19. The van der Waals surface area contributed by atoms with Crippen molar-refractivity contribution in [3.05, 3.63) is 27.7 Å². The average molecular weight is 279 g/mol. The second-order valence-electron chi connectivity index (χ2n) is 3.10. The molecule has 0 amide bonds. The Morgan fingerprint density at radius 2 is 2.00 bits per heavy atom. The summed E-state index contributed by atoms with van der Waals surface area (Å²) in [4.78, 5) is 0. The maximum atomic E-state index is 11.3. The second-order valence-corrected chi connectivity index (χ2v) is 5.64. The molecule has 0 aliphatic carbocycles. The van der Waals surface area contributed by atoms with Gasteiger partial charge in [-0.1, -0.05) is 23.2 Å². The summed E-state index contributed by atoms with van der Waals surface area (Å²) < 4.78 is 24.8. The largest absolute Gasteiger partial charge is 0.281 e. The number of hydrogen-bond acceptors (Lipinski definition) is 3.